The second-order valence-corrected chi connectivity index (χ2v) is 6.19. The highest BCUT2D eigenvalue weighted by Gasteiger charge is 2.25. The number of amides is 1. The predicted molar refractivity (Wildman–Crippen MR) is 85.1 cm³/mol. The van der Waals surface area contributed by atoms with Crippen LogP contribution in [0.2, 0.25) is 0 Å². The Morgan fingerprint density at radius 3 is 2.86 bits per heavy atom. The molecule has 1 atom stereocenters. The van der Waals surface area contributed by atoms with E-state index in [9.17, 15) is 4.79 Å². The largest absolute Gasteiger partial charge is 0.352 e. The van der Waals surface area contributed by atoms with Gasteiger partial charge >= 0.3 is 0 Å². The van der Waals surface area contributed by atoms with Gasteiger partial charge < -0.3 is 10.2 Å². The van der Waals surface area contributed by atoms with Crippen molar-refractivity contribution in [3.8, 4) is 0 Å². The molecule has 1 aliphatic heterocycles. The molecule has 2 heterocycles. The highest BCUT2D eigenvalue weighted by atomic mass is 32.2. The van der Waals surface area contributed by atoms with Crippen LogP contribution < -0.4 is 10.2 Å². The van der Waals surface area contributed by atoms with Crippen molar-refractivity contribution in [1.82, 2.24) is 10.3 Å². The Labute approximate surface area is 128 Å². The summed E-state index contributed by atoms with van der Waals surface area (Å²) in [5, 5.41) is 2.94. The second-order valence-electron chi connectivity index (χ2n) is 5.11. The Morgan fingerprint density at radius 1 is 1.29 bits per heavy atom. The lowest BCUT2D eigenvalue weighted by Gasteiger charge is -2.33. The van der Waals surface area contributed by atoms with Gasteiger partial charge in [0.2, 0.25) is 5.91 Å². The summed E-state index contributed by atoms with van der Waals surface area (Å²) in [6, 6.07) is 12.4. The molecule has 1 aromatic carbocycles. The summed E-state index contributed by atoms with van der Waals surface area (Å²) in [4.78, 5) is 20.3. The molecule has 4 nitrogen and oxygen atoms in total. The van der Waals surface area contributed by atoms with Gasteiger partial charge in [0.1, 0.15) is 5.82 Å². The molecule has 1 amide bonds. The van der Waals surface area contributed by atoms with Crippen LogP contribution in [0.15, 0.2) is 52.4 Å². The summed E-state index contributed by atoms with van der Waals surface area (Å²) in [5.41, 5.74) is 1.14. The first-order valence-electron chi connectivity index (χ1n) is 6.91. The van der Waals surface area contributed by atoms with Crippen LogP contribution in [0.1, 0.15) is 13.8 Å². The third-order valence-corrected chi connectivity index (χ3v) is 4.39. The topological polar surface area (TPSA) is 45.2 Å². The monoisotopic (exact) mass is 299 g/mol. The molecular formula is C16H17N3OS. The molecule has 108 valence electrons. The molecule has 0 spiro atoms. The normalized spacial score (nSPS) is 14.1. The number of hydrogen-bond donors (Lipinski definition) is 1. The lowest BCUT2D eigenvalue weighted by atomic mass is 10.2. The fourth-order valence-electron chi connectivity index (χ4n) is 2.51. The van der Waals surface area contributed by atoms with Crippen molar-refractivity contribution in [3.63, 3.8) is 0 Å². The van der Waals surface area contributed by atoms with Crippen LogP contribution in [-0.2, 0) is 4.79 Å². The number of aromatic nitrogens is 1. The number of carbonyl (C=O) groups is 1. The Kier molecular flexibility index (Phi) is 3.84. The number of nitrogens with one attached hydrogen (secondary N) is 1. The van der Waals surface area contributed by atoms with Gasteiger partial charge in [0.25, 0.3) is 0 Å². The Hall–Kier alpha value is -2.01. The second kappa shape index (κ2) is 5.77. The molecule has 1 aromatic heterocycles. The van der Waals surface area contributed by atoms with Gasteiger partial charge in [0.05, 0.1) is 10.6 Å². The summed E-state index contributed by atoms with van der Waals surface area (Å²) in [6.45, 7) is 4.25. The van der Waals surface area contributed by atoms with Crippen molar-refractivity contribution in [2.24, 2.45) is 0 Å². The number of hydrogen-bond acceptors (Lipinski definition) is 4. The standard InChI is InChI=1S/C16H17N3OS/c1-11(18-12(2)20)10-19-13-6-3-4-7-14(13)21-15-8-5-9-17-16(15)19/h3-9,11H,10H2,1-2H3,(H,18,20). The van der Waals surface area contributed by atoms with Crippen LogP contribution in [0.5, 0.6) is 0 Å². The zero-order chi connectivity index (χ0) is 14.8. The van der Waals surface area contributed by atoms with E-state index in [1.54, 1.807) is 18.7 Å². The maximum Gasteiger partial charge on any atom is 0.217 e. The zero-order valence-corrected chi connectivity index (χ0v) is 12.9. The Balaban J connectivity index is 1.96. The van der Waals surface area contributed by atoms with E-state index in [2.05, 4.69) is 33.4 Å². The summed E-state index contributed by atoms with van der Waals surface area (Å²) < 4.78 is 0. The van der Waals surface area contributed by atoms with Crippen LogP contribution in [-0.4, -0.2) is 23.5 Å². The van der Waals surface area contributed by atoms with E-state index in [0.29, 0.717) is 6.54 Å². The molecule has 0 saturated carbocycles. The van der Waals surface area contributed by atoms with Gasteiger partial charge in [-0.1, -0.05) is 23.9 Å². The number of anilines is 2. The van der Waals surface area contributed by atoms with Crippen molar-refractivity contribution >= 4 is 29.2 Å². The van der Waals surface area contributed by atoms with E-state index < -0.39 is 0 Å². The maximum absolute atomic E-state index is 11.2. The minimum Gasteiger partial charge on any atom is -0.352 e. The molecule has 1 N–H and O–H groups in total. The van der Waals surface area contributed by atoms with Crippen LogP contribution in [0.4, 0.5) is 11.5 Å². The molecule has 21 heavy (non-hydrogen) atoms. The van der Waals surface area contributed by atoms with Crippen molar-refractivity contribution in [2.45, 2.75) is 29.7 Å². The number of para-hydroxylation sites is 1. The quantitative estimate of drug-likeness (QED) is 0.945. The summed E-state index contributed by atoms with van der Waals surface area (Å²) >= 11 is 1.74. The molecule has 0 fully saturated rings. The third-order valence-electron chi connectivity index (χ3n) is 3.29. The lowest BCUT2D eigenvalue weighted by Crippen LogP contribution is -2.40. The molecule has 0 aliphatic carbocycles. The average molecular weight is 299 g/mol. The molecule has 5 heteroatoms. The minimum atomic E-state index is -0.0107. The minimum absolute atomic E-state index is 0.0107. The van der Waals surface area contributed by atoms with Gasteiger partial charge in [-0.25, -0.2) is 4.98 Å². The smallest absolute Gasteiger partial charge is 0.217 e. The van der Waals surface area contributed by atoms with Crippen LogP contribution >= 0.6 is 11.8 Å². The molecule has 0 saturated heterocycles. The summed E-state index contributed by atoms with van der Waals surface area (Å²) in [6.07, 6.45) is 1.81. The van der Waals surface area contributed by atoms with E-state index >= 15 is 0 Å². The number of nitrogens with zero attached hydrogens (tertiary/aromatic N) is 2. The molecule has 2 aromatic rings. The highest BCUT2D eigenvalue weighted by Crippen LogP contribution is 2.46. The molecule has 0 radical (unpaired) electrons. The summed E-state index contributed by atoms with van der Waals surface area (Å²) in [7, 11) is 0. The molecule has 0 bridgehead atoms. The summed E-state index contributed by atoms with van der Waals surface area (Å²) in [5.74, 6) is 0.946. The van der Waals surface area contributed by atoms with Gasteiger partial charge in [-0.15, -0.1) is 0 Å². The number of benzene rings is 1. The maximum atomic E-state index is 11.2. The molecular weight excluding hydrogens is 282 g/mol. The van der Waals surface area contributed by atoms with Gasteiger partial charge in [0.15, 0.2) is 0 Å². The molecule has 1 aliphatic rings. The molecule has 3 rings (SSSR count). The number of fused-ring (bicyclic) bond motifs is 2. The zero-order valence-electron chi connectivity index (χ0n) is 12.0. The van der Waals surface area contributed by atoms with Gasteiger partial charge in [0, 0.05) is 30.6 Å². The van der Waals surface area contributed by atoms with E-state index in [1.807, 2.05) is 31.3 Å². The first-order valence-corrected chi connectivity index (χ1v) is 7.73. The Morgan fingerprint density at radius 2 is 2.05 bits per heavy atom. The Bertz CT molecular complexity index is 629. The van der Waals surface area contributed by atoms with Gasteiger partial charge in [-0.05, 0) is 31.2 Å². The first-order chi connectivity index (χ1) is 10.1. The third kappa shape index (κ3) is 2.88. The number of pyridine rings is 1. The number of rotatable bonds is 3. The van der Waals surface area contributed by atoms with Crippen LogP contribution in [0.25, 0.3) is 0 Å². The highest BCUT2D eigenvalue weighted by molar-refractivity contribution is 7.99. The van der Waals surface area contributed by atoms with E-state index in [-0.39, 0.29) is 11.9 Å². The van der Waals surface area contributed by atoms with Gasteiger partial charge in [-0.2, -0.15) is 0 Å². The first kappa shape index (κ1) is 13.9. The van der Waals surface area contributed by atoms with E-state index in [0.717, 1.165) is 16.4 Å². The fourth-order valence-corrected chi connectivity index (χ4v) is 3.58. The molecule has 1 unspecified atom stereocenters. The SMILES string of the molecule is CC(=O)NC(C)CN1c2ccccc2Sc2cccnc21. The van der Waals surface area contributed by atoms with Crippen LogP contribution in [0, 0.1) is 0 Å². The average Bonchev–Trinajstić information content (AvgIpc) is 2.46. The van der Waals surface area contributed by atoms with Crippen molar-refractivity contribution in [3.05, 3.63) is 42.6 Å². The van der Waals surface area contributed by atoms with E-state index in [1.165, 1.54) is 4.90 Å². The predicted octanol–water partition coefficient (Wildman–Crippen LogP) is 3.21. The van der Waals surface area contributed by atoms with Crippen LogP contribution in [0.3, 0.4) is 0 Å². The van der Waals surface area contributed by atoms with Gasteiger partial charge in [-0.3, -0.25) is 4.79 Å². The fraction of sp³-hybridized carbons (Fsp3) is 0.250. The van der Waals surface area contributed by atoms with E-state index in [4.69, 9.17) is 0 Å². The van der Waals surface area contributed by atoms with Crippen molar-refractivity contribution in [2.75, 3.05) is 11.4 Å². The number of carbonyl (C=O) groups excluding carboxylic acids is 1. The van der Waals surface area contributed by atoms with Crippen molar-refractivity contribution in [1.29, 1.82) is 0 Å². The lowest BCUT2D eigenvalue weighted by molar-refractivity contribution is -0.119. The van der Waals surface area contributed by atoms with Crippen molar-refractivity contribution < 1.29 is 4.79 Å².